The van der Waals surface area contributed by atoms with Gasteiger partial charge < -0.3 is 16.0 Å². The van der Waals surface area contributed by atoms with Gasteiger partial charge in [0, 0.05) is 26.2 Å². The standard InChI is InChI=1S/C18H28N4O4/c19-7-8-20-16(24)12-4-3-9-21(10-12)15(23)11-22-17(25)13-5-1-2-6-14(13)18(22)26/h12-14H,1-11,19H2,(H,20,24). The summed E-state index contributed by atoms with van der Waals surface area (Å²) in [5.74, 6) is -1.45. The number of hydrogen-bond donors (Lipinski definition) is 2. The Hall–Kier alpha value is -1.96. The lowest BCUT2D eigenvalue weighted by Gasteiger charge is -2.33. The minimum atomic E-state index is -0.258. The maximum absolute atomic E-state index is 12.7. The van der Waals surface area contributed by atoms with Crippen LogP contribution in [0, 0.1) is 17.8 Å². The monoisotopic (exact) mass is 364 g/mol. The van der Waals surface area contributed by atoms with Crippen molar-refractivity contribution in [2.75, 3.05) is 32.7 Å². The molecule has 0 bridgehead atoms. The lowest BCUT2D eigenvalue weighted by Crippen LogP contribution is -2.49. The summed E-state index contributed by atoms with van der Waals surface area (Å²) in [6.07, 6.45) is 4.88. The van der Waals surface area contributed by atoms with Crippen LogP contribution in [0.25, 0.3) is 0 Å². The van der Waals surface area contributed by atoms with Gasteiger partial charge in [-0.2, -0.15) is 0 Å². The van der Waals surface area contributed by atoms with E-state index in [9.17, 15) is 19.2 Å². The Morgan fingerprint density at radius 3 is 2.31 bits per heavy atom. The first-order valence-corrected chi connectivity index (χ1v) is 9.63. The van der Waals surface area contributed by atoms with E-state index in [1.54, 1.807) is 4.90 Å². The van der Waals surface area contributed by atoms with Gasteiger partial charge in [0.05, 0.1) is 17.8 Å². The van der Waals surface area contributed by atoms with Gasteiger partial charge in [-0.1, -0.05) is 12.8 Å². The Kier molecular flexibility index (Phi) is 5.90. The van der Waals surface area contributed by atoms with Crippen LogP contribution < -0.4 is 11.1 Å². The molecule has 144 valence electrons. The van der Waals surface area contributed by atoms with E-state index >= 15 is 0 Å². The minimum Gasteiger partial charge on any atom is -0.355 e. The van der Waals surface area contributed by atoms with Crippen LogP contribution in [0.5, 0.6) is 0 Å². The molecule has 3 unspecified atom stereocenters. The molecular formula is C18H28N4O4. The van der Waals surface area contributed by atoms with Crippen molar-refractivity contribution in [2.24, 2.45) is 23.5 Å². The predicted molar refractivity (Wildman–Crippen MR) is 93.5 cm³/mol. The maximum atomic E-state index is 12.7. The fourth-order valence-electron chi connectivity index (χ4n) is 4.38. The highest BCUT2D eigenvalue weighted by Crippen LogP contribution is 2.37. The van der Waals surface area contributed by atoms with E-state index in [0.29, 0.717) is 26.2 Å². The lowest BCUT2D eigenvalue weighted by molar-refractivity contribution is -0.148. The van der Waals surface area contributed by atoms with Gasteiger partial charge in [-0.25, -0.2) is 0 Å². The number of carbonyl (C=O) groups is 4. The van der Waals surface area contributed by atoms with E-state index in [2.05, 4.69) is 5.32 Å². The quantitative estimate of drug-likeness (QED) is 0.637. The van der Waals surface area contributed by atoms with Crippen LogP contribution in [0.1, 0.15) is 38.5 Å². The molecule has 3 atom stereocenters. The van der Waals surface area contributed by atoms with Crippen molar-refractivity contribution in [3.63, 3.8) is 0 Å². The lowest BCUT2D eigenvalue weighted by atomic mass is 9.81. The molecule has 3 aliphatic rings. The fraction of sp³-hybridized carbons (Fsp3) is 0.778. The average molecular weight is 364 g/mol. The molecule has 3 N–H and O–H groups in total. The van der Waals surface area contributed by atoms with E-state index in [0.717, 1.165) is 43.4 Å². The first-order valence-electron chi connectivity index (χ1n) is 9.63. The molecule has 0 aromatic carbocycles. The zero-order valence-corrected chi connectivity index (χ0v) is 15.1. The highest BCUT2D eigenvalue weighted by atomic mass is 16.2. The molecule has 4 amide bonds. The van der Waals surface area contributed by atoms with Crippen LogP contribution in [0.15, 0.2) is 0 Å². The second-order valence-corrected chi connectivity index (χ2v) is 7.52. The Labute approximate surface area is 153 Å². The summed E-state index contributed by atoms with van der Waals surface area (Å²) in [6, 6.07) is 0. The number of piperidine rings is 1. The van der Waals surface area contributed by atoms with Gasteiger partial charge in [0.2, 0.25) is 23.6 Å². The summed E-state index contributed by atoms with van der Waals surface area (Å²) in [4.78, 5) is 52.6. The van der Waals surface area contributed by atoms with Crippen LogP contribution >= 0.6 is 0 Å². The number of rotatable bonds is 5. The van der Waals surface area contributed by atoms with Gasteiger partial charge in [-0.05, 0) is 25.7 Å². The van der Waals surface area contributed by atoms with Crippen molar-refractivity contribution >= 4 is 23.6 Å². The topological polar surface area (TPSA) is 113 Å². The van der Waals surface area contributed by atoms with Crippen molar-refractivity contribution in [3.05, 3.63) is 0 Å². The molecule has 0 spiro atoms. The Morgan fingerprint density at radius 1 is 1.04 bits per heavy atom. The van der Waals surface area contributed by atoms with Crippen molar-refractivity contribution in [1.29, 1.82) is 0 Å². The molecule has 3 rings (SSSR count). The number of nitrogens with two attached hydrogens (primary N) is 1. The third-order valence-electron chi connectivity index (χ3n) is 5.81. The molecule has 26 heavy (non-hydrogen) atoms. The number of fused-ring (bicyclic) bond motifs is 1. The molecule has 1 saturated carbocycles. The van der Waals surface area contributed by atoms with Crippen LogP contribution in [0.2, 0.25) is 0 Å². The van der Waals surface area contributed by atoms with Gasteiger partial charge in [0.25, 0.3) is 0 Å². The third kappa shape index (κ3) is 3.75. The summed E-state index contributed by atoms with van der Waals surface area (Å²) in [6.45, 7) is 1.49. The summed E-state index contributed by atoms with van der Waals surface area (Å²) < 4.78 is 0. The molecular weight excluding hydrogens is 336 g/mol. The zero-order chi connectivity index (χ0) is 18.7. The van der Waals surface area contributed by atoms with Gasteiger partial charge in [0.15, 0.2) is 0 Å². The molecule has 2 saturated heterocycles. The molecule has 0 radical (unpaired) electrons. The van der Waals surface area contributed by atoms with E-state index in [1.807, 2.05) is 0 Å². The highest BCUT2D eigenvalue weighted by Gasteiger charge is 2.48. The third-order valence-corrected chi connectivity index (χ3v) is 5.81. The van der Waals surface area contributed by atoms with Gasteiger partial charge in [0.1, 0.15) is 6.54 Å². The SMILES string of the molecule is NCCNC(=O)C1CCCN(C(=O)CN2C(=O)C3CCCCC3C2=O)C1. The normalized spacial score (nSPS) is 28.9. The molecule has 3 fully saturated rings. The Bertz CT molecular complexity index is 570. The molecule has 0 aromatic heterocycles. The van der Waals surface area contributed by atoms with Crippen LogP contribution in [-0.4, -0.2) is 66.2 Å². The summed E-state index contributed by atoms with van der Waals surface area (Å²) in [5.41, 5.74) is 5.40. The number of nitrogens with zero attached hydrogens (tertiary/aromatic N) is 2. The average Bonchev–Trinajstić information content (AvgIpc) is 2.91. The van der Waals surface area contributed by atoms with Crippen LogP contribution in [0.4, 0.5) is 0 Å². The van der Waals surface area contributed by atoms with Crippen LogP contribution in [0.3, 0.4) is 0 Å². The van der Waals surface area contributed by atoms with Crippen molar-refractivity contribution in [2.45, 2.75) is 38.5 Å². The highest BCUT2D eigenvalue weighted by molar-refractivity contribution is 6.07. The Balaban J connectivity index is 1.58. The second-order valence-electron chi connectivity index (χ2n) is 7.52. The smallest absolute Gasteiger partial charge is 0.242 e. The fourth-order valence-corrected chi connectivity index (χ4v) is 4.38. The molecule has 0 aromatic rings. The molecule has 1 aliphatic carbocycles. The first-order chi connectivity index (χ1) is 12.5. The van der Waals surface area contributed by atoms with Gasteiger partial charge >= 0.3 is 0 Å². The number of imide groups is 1. The number of likely N-dealkylation sites (tertiary alicyclic amines) is 2. The van der Waals surface area contributed by atoms with E-state index in [-0.39, 0.29) is 47.9 Å². The summed E-state index contributed by atoms with van der Waals surface area (Å²) in [7, 11) is 0. The number of carbonyl (C=O) groups excluding carboxylic acids is 4. The molecule has 2 heterocycles. The van der Waals surface area contributed by atoms with E-state index in [1.165, 1.54) is 0 Å². The second kappa shape index (κ2) is 8.16. The van der Waals surface area contributed by atoms with Crippen molar-refractivity contribution < 1.29 is 19.2 Å². The van der Waals surface area contributed by atoms with E-state index in [4.69, 9.17) is 5.73 Å². The number of nitrogens with one attached hydrogen (secondary N) is 1. The first kappa shape index (κ1) is 18.8. The summed E-state index contributed by atoms with van der Waals surface area (Å²) >= 11 is 0. The van der Waals surface area contributed by atoms with E-state index < -0.39 is 0 Å². The predicted octanol–water partition coefficient (Wildman–Crippen LogP) is -0.525. The number of hydrogen-bond acceptors (Lipinski definition) is 5. The summed E-state index contributed by atoms with van der Waals surface area (Å²) in [5, 5.41) is 2.76. The minimum absolute atomic E-state index is 0.0905. The van der Waals surface area contributed by atoms with Gasteiger partial charge in [-0.3, -0.25) is 24.1 Å². The number of amides is 4. The zero-order valence-electron chi connectivity index (χ0n) is 15.1. The molecule has 8 nitrogen and oxygen atoms in total. The van der Waals surface area contributed by atoms with Crippen LogP contribution in [-0.2, 0) is 19.2 Å². The maximum Gasteiger partial charge on any atom is 0.242 e. The Morgan fingerprint density at radius 2 is 1.69 bits per heavy atom. The largest absolute Gasteiger partial charge is 0.355 e. The molecule has 2 aliphatic heterocycles. The van der Waals surface area contributed by atoms with Crippen molar-refractivity contribution in [3.8, 4) is 0 Å². The van der Waals surface area contributed by atoms with Crippen molar-refractivity contribution in [1.82, 2.24) is 15.1 Å². The van der Waals surface area contributed by atoms with Gasteiger partial charge in [-0.15, -0.1) is 0 Å². The molecule has 8 heteroatoms.